The zero-order valence-electron chi connectivity index (χ0n) is 7.08. The van der Waals surface area contributed by atoms with Crippen molar-refractivity contribution in [2.75, 3.05) is 0 Å². The molecule has 2 aromatic rings. The van der Waals surface area contributed by atoms with Gasteiger partial charge in [-0.05, 0) is 23.9 Å². The summed E-state index contributed by atoms with van der Waals surface area (Å²) in [5.74, 6) is 0. The fourth-order valence-electron chi connectivity index (χ4n) is 1.72. The van der Waals surface area contributed by atoms with Crippen LogP contribution in [-0.2, 0) is 6.54 Å². The molecule has 0 atom stereocenters. The predicted molar refractivity (Wildman–Crippen MR) is 57.7 cm³/mol. The maximum absolute atomic E-state index is 3.23. The highest BCUT2D eigenvalue weighted by molar-refractivity contribution is 7.19. The van der Waals surface area contributed by atoms with Crippen molar-refractivity contribution < 1.29 is 0 Å². The van der Waals surface area contributed by atoms with Crippen LogP contribution in [-0.4, -0.2) is 0 Å². The summed E-state index contributed by atoms with van der Waals surface area (Å²) in [4.78, 5) is 1.45. The van der Waals surface area contributed by atoms with Crippen LogP contribution in [0, 0.1) is 0 Å². The van der Waals surface area contributed by atoms with Gasteiger partial charge in [0.25, 0.3) is 0 Å². The van der Waals surface area contributed by atoms with Crippen molar-refractivity contribution in [3.8, 4) is 0 Å². The molecule has 0 saturated heterocycles. The molecule has 2 heteroatoms. The van der Waals surface area contributed by atoms with E-state index in [0.717, 1.165) is 6.54 Å². The minimum absolute atomic E-state index is 0.977. The van der Waals surface area contributed by atoms with Gasteiger partial charge in [-0.25, -0.2) is 0 Å². The van der Waals surface area contributed by atoms with Crippen LogP contribution in [0.4, 0.5) is 0 Å². The summed E-state index contributed by atoms with van der Waals surface area (Å²) in [5, 5.41) is 4.62. The third kappa shape index (κ3) is 0.988. The smallest absolute Gasteiger partial charge is 0.0495 e. The summed E-state index contributed by atoms with van der Waals surface area (Å²) in [6.07, 6.45) is 4.19. The Balaban J connectivity index is 2.42. The van der Waals surface area contributed by atoms with Crippen LogP contribution in [0.1, 0.15) is 10.4 Å². The molecule has 1 aliphatic rings. The Morgan fingerprint density at radius 1 is 1.23 bits per heavy atom. The lowest BCUT2D eigenvalue weighted by Gasteiger charge is -2.05. The maximum Gasteiger partial charge on any atom is 0.0495 e. The summed E-state index contributed by atoms with van der Waals surface area (Å²) in [6.45, 7) is 0.977. The first-order valence-corrected chi connectivity index (χ1v) is 5.17. The number of fused-ring (bicyclic) bond motifs is 3. The second-order valence-electron chi connectivity index (χ2n) is 3.15. The second-order valence-corrected chi connectivity index (χ2v) is 4.29. The van der Waals surface area contributed by atoms with E-state index in [2.05, 4.69) is 35.7 Å². The van der Waals surface area contributed by atoms with Gasteiger partial charge in [-0.2, -0.15) is 0 Å². The van der Waals surface area contributed by atoms with E-state index in [1.165, 1.54) is 20.5 Å². The van der Waals surface area contributed by atoms with Gasteiger partial charge in [0, 0.05) is 21.5 Å². The van der Waals surface area contributed by atoms with E-state index < -0.39 is 0 Å². The van der Waals surface area contributed by atoms with Crippen molar-refractivity contribution in [1.29, 1.82) is 0 Å². The van der Waals surface area contributed by atoms with Crippen LogP contribution >= 0.6 is 11.3 Å². The molecule has 1 nitrogen and oxygen atoms in total. The molecule has 0 aliphatic carbocycles. The quantitative estimate of drug-likeness (QED) is 0.668. The van der Waals surface area contributed by atoms with Gasteiger partial charge in [-0.3, -0.25) is 0 Å². The number of hydrogen-bond donors (Lipinski definition) is 1. The zero-order valence-corrected chi connectivity index (χ0v) is 7.90. The molecule has 0 amide bonds. The molecule has 0 saturated carbocycles. The van der Waals surface area contributed by atoms with Crippen LogP contribution in [0.15, 0.2) is 30.5 Å². The molecule has 1 aliphatic heterocycles. The molecule has 0 spiro atoms. The first kappa shape index (κ1) is 7.15. The molecule has 1 aromatic heterocycles. The van der Waals surface area contributed by atoms with Gasteiger partial charge in [-0.1, -0.05) is 18.2 Å². The molecule has 0 bridgehead atoms. The third-order valence-corrected chi connectivity index (χ3v) is 3.53. The first-order valence-electron chi connectivity index (χ1n) is 4.35. The zero-order chi connectivity index (χ0) is 8.67. The Morgan fingerprint density at radius 3 is 3.15 bits per heavy atom. The van der Waals surface area contributed by atoms with E-state index in [4.69, 9.17) is 0 Å². The fourth-order valence-corrected chi connectivity index (χ4v) is 2.87. The van der Waals surface area contributed by atoms with Crippen LogP contribution < -0.4 is 5.32 Å². The van der Waals surface area contributed by atoms with Crippen molar-refractivity contribution in [3.05, 3.63) is 40.9 Å². The van der Waals surface area contributed by atoms with Gasteiger partial charge in [0.15, 0.2) is 0 Å². The van der Waals surface area contributed by atoms with Gasteiger partial charge < -0.3 is 5.32 Å². The molecule has 1 N–H and O–H groups in total. The predicted octanol–water partition coefficient (Wildman–Crippen LogP) is 2.98. The molecule has 13 heavy (non-hydrogen) atoms. The lowest BCUT2D eigenvalue weighted by molar-refractivity contribution is 0.878. The van der Waals surface area contributed by atoms with Gasteiger partial charge in [-0.15, -0.1) is 11.3 Å². The summed E-state index contributed by atoms with van der Waals surface area (Å²) in [7, 11) is 0. The van der Waals surface area contributed by atoms with E-state index in [1.54, 1.807) is 0 Å². The lowest BCUT2D eigenvalue weighted by atomic mass is 10.1. The van der Waals surface area contributed by atoms with Gasteiger partial charge in [0.05, 0.1) is 0 Å². The molecule has 1 aromatic carbocycles. The van der Waals surface area contributed by atoms with Crippen molar-refractivity contribution in [1.82, 2.24) is 5.32 Å². The van der Waals surface area contributed by atoms with Crippen LogP contribution in [0.25, 0.3) is 16.2 Å². The van der Waals surface area contributed by atoms with Crippen LogP contribution in [0.2, 0.25) is 0 Å². The van der Waals surface area contributed by atoms with Gasteiger partial charge in [0.1, 0.15) is 0 Å². The number of nitrogens with one attached hydrogen (secondary N) is 1. The molecule has 0 fully saturated rings. The van der Waals surface area contributed by atoms with Gasteiger partial charge >= 0.3 is 0 Å². The SMILES string of the molecule is C1=Cc2c(sc3ccccc23)CN1. The number of rotatable bonds is 0. The van der Waals surface area contributed by atoms with E-state index in [-0.39, 0.29) is 0 Å². The van der Waals surface area contributed by atoms with Crippen LogP contribution in [0.3, 0.4) is 0 Å². The molecule has 64 valence electrons. The van der Waals surface area contributed by atoms with Crippen molar-refractivity contribution in [3.63, 3.8) is 0 Å². The average Bonchev–Trinajstić information content (AvgIpc) is 2.56. The normalized spacial score (nSPS) is 14.2. The number of hydrogen-bond acceptors (Lipinski definition) is 2. The average molecular weight is 187 g/mol. The summed E-state index contributed by atoms with van der Waals surface area (Å²) >= 11 is 1.89. The lowest BCUT2D eigenvalue weighted by Crippen LogP contribution is -2.07. The Hall–Kier alpha value is -1.28. The van der Waals surface area contributed by atoms with E-state index in [1.807, 2.05) is 17.5 Å². The highest BCUT2D eigenvalue weighted by atomic mass is 32.1. The molecule has 2 heterocycles. The van der Waals surface area contributed by atoms with E-state index in [9.17, 15) is 0 Å². The number of benzene rings is 1. The minimum atomic E-state index is 0.977. The van der Waals surface area contributed by atoms with E-state index in [0.29, 0.717) is 0 Å². The standard InChI is InChI=1S/C11H9NS/c1-2-4-10-8(3-1)9-5-6-12-7-11(9)13-10/h1-6,12H,7H2. The monoisotopic (exact) mass is 187 g/mol. The van der Waals surface area contributed by atoms with Gasteiger partial charge in [0.2, 0.25) is 0 Å². The Bertz CT molecular complexity index is 482. The summed E-state index contributed by atoms with van der Waals surface area (Å²) in [5.41, 5.74) is 1.40. The molecular formula is C11H9NS. The topological polar surface area (TPSA) is 12.0 Å². The fraction of sp³-hybridized carbons (Fsp3) is 0.0909. The van der Waals surface area contributed by atoms with E-state index >= 15 is 0 Å². The highest BCUT2D eigenvalue weighted by Gasteiger charge is 2.10. The Labute approximate surface area is 80.7 Å². The molecule has 0 unspecified atom stereocenters. The van der Waals surface area contributed by atoms with Crippen molar-refractivity contribution in [2.24, 2.45) is 0 Å². The Kier molecular flexibility index (Phi) is 1.43. The summed E-state index contributed by atoms with van der Waals surface area (Å²) in [6, 6.07) is 8.58. The largest absolute Gasteiger partial charge is 0.386 e. The number of thiophene rings is 1. The molecule has 0 radical (unpaired) electrons. The first-order chi connectivity index (χ1) is 6.45. The summed E-state index contributed by atoms with van der Waals surface area (Å²) < 4.78 is 1.39. The minimum Gasteiger partial charge on any atom is -0.386 e. The molecule has 3 rings (SSSR count). The molecular weight excluding hydrogens is 178 g/mol. The highest BCUT2D eigenvalue weighted by Crippen LogP contribution is 2.33. The van der Waals surface area contributed by atoms with Crippen molar-refractivity contribution >= 4 is 27.5 Å². The maximum atomic E-state index is 3.23. The second kappa shape index (κ2) is 2.60. The van der Waals surface area contributed by atoms with Crippen molar-refractivity contribution in [2.45, 2.75) is 6.54 Å². The van der Waals surface area contributed by atoms with Crippen LogP contribution in [0.5, 0.6) is 0 Å². The Morgan fingerprint density at radius 2 is 2.15 bits per heavy atom. The third-order valence-electron chi connectivity index (χ3n) is 2.34.